The van der Waals surface area contributed by atoms with Crippen LogP contribution < -0.4 is 5.32 Å². The highest BCUT2D eigenvalue weighted by molar-refractivity contribution is 5.96. The number of alkyl halides is 2. The van der Waals surface area contributed by atoms with Crippen LogP contribution in [-0.4, -0.2) is 41.1 Å². The number of carbonyl (C=O) groups is 1. The second kappa shape index (κ2) is 10.1. The highest BCUT2D eigenvalue weighted by Crippen LogP contribution is 2.28. The van der Waals surface area contributed by atoms with Crippen molar-refractivity contribution < 1.29 is 18.3 Å². The lowest BCUT2D eigenvalue weighted by Crippen LogP contribution is -2.39. The van der Waals surface area contributed by atoms with Gasteiger partial charge in [-0.3, -0.25) is 14.7 Å². The van der Waals surface area contributed by atoms with Gasteiger partial charge in [0.05, 0.1) is 6.10 Å². The number of nitrogens with one attached hydrogen (secondary N) is 1. The van der Waals surface area contributed by atoms with Crippen molar-refractivity contribution in [1.29, 1.82) is 0 Å². The summed E-state index contributed by atoms with van der Waals surface area (Å²) in [6.07, 6.45) is 4.91. The average Bonchev–Trinajstić information content (AvgIpc) is 2.76. The first-order valence-electron chi connectivity index (χ1n) is 10.4. The first-order valence-corrected chi connectivity index (χ1v) is 10.4. The third-order valence-corrected chi connectivity index (χ3v) is 5.31. The molecule has 1 aromatic heterocycles. The first-order chi connectivity index (χ1) is 14.4. The smallest absolute Gasteiger partial charge is 0.366 e. The zero-order valence-electron chi connectivity index (χ0n) is 17.5. The van der Waals surface area contributed by atoms with Gasteiger partial charge in [0.15, 0.2) is 0 Å². The first kappa shape index (κ1) is 22.3. The van der Waals surface area contributed by atoms with Crippen LogP contribution in [0.3, 0.4) is 0 Å². The Morgan fingerprint density at radius 1 is 1.23 bits per heavy atom. The van der Waals surface area contributed by atoms with Crippen LogP contribution in [0.15, 0.2) is 48.7 Å². The molecule has 2 heterocycles. The van der Waals surface area contributed by atoms with Crippen molar-refractivity contribution in [2.24, 2.45) is 0 Å². The van der Waals surface area contributed by atoms with E-state index >= 15 is 0 Å². The lowest BCUT2D eigenvalue weighted by atomic mass is 10.1. The van der Waals surface area contributed by atoms with Crippen molar-refractivity contribution >= 4 is 11.6 Å². The minimum Gasteiger partial charge on any atom is -0.377 e. The fraction of sp³-hybridized carbons (Fsp3) is 0.478. The van der Waals surface area contributed by atoms with Gasteiger partial charge in [0, 0.05) is 37.6 Å². The molecule has 1 fully saturated rings. The zero-order chi connectivity index (χ0) is 21.6. The number of pyridine rings is 1. The molecule has 1 amide bonds. The zero-order valence-corrected chi connectivity index (χ0v) is 17.5. The van der Waals surface area contributed by atoms with Gasteiger partial charge >= 0.3 is 11.8 Å². The molecule has 0 spiro atoms. The Balaban J connectivity index is 1.60. The van der Waals surface area contributed by atoms with E-state index in [2.05, 4.69) is 29.0 Å². The van der Waals surface area contributed by atoms with Crippen LogP contribution >= 0.6 is 0 Å². The molecule has 162 valence electrons. The third kappa shape index (κ3) is 5.83. The van der Waals surface area contributed by atoms with Gasteiger partial charge in [-0.1, -0.05) is 18.2 Å². The summed E-state index contributed by atoms with van der Waals surface area (Å²) in [5.74, 6) is -5.10. The average molecular weight is 418 g/mol. The predicted molar refractivity (Wildman–Crippen MR) is 112 cm³/mol. The molecule has 0 unspecified atom stereocenters. The van der Waals surface area contributed by atoms with E-state index in [1.807, 2.05) is 12.1 Å². The number of aromatic nitrogens is 1. The minimum absolute atomic E-state index is 0.258. The number of carbonyl (C=O) groups excluding carboxylic acids is 1. The van der Waals surface area contributed by atoms with E-state index in [0.29, 0.717) is 11.7 Å². The van der Waals surface area contributed by atoms with Gasteiger partial charge in [-0.25, -0.2) is 0 Å². The molecule has 1 N–H and O–H groups in total. The van der Waals surface area contributed by atoms with E-state index in [-0.39, 0.29) is 6.10 Å². The van der Waals surface area contributed by atoms with Gasteiger partial charge < -0.3 is 10.1 Å². The highest BCUT2D eigenvalue weighted by Gasteiger charge is 2.42. The topological polar surface area (TPSA) is 54.5 Å². The van der Waals surface area contributed by atoms with Gasteiger partial charge in [0.1, 0.15) is 5.69 Å². The Hall–Kier alpha value is -2.38. The number of benzene rings is 1. The number of amides is 1. The Morgan fingerprint density at radius 2 is 2.00 bits per heavy atom. The number of nitrogens with zero attached hydrogens (tertiary/aromatic N) is 2. The molecule has 30 heavy (non-hydrogen) atoms. The van der Waals surface area contributed by atoms with Crippen molar-refractivity contribution in [3.63, 3.8) is 0 Å². The van der Waals surface area contributed by atoms with Crippen molar-refractivity contribution in [3.05, 3.63) is 59.9 Å². The summed E-state index contributed by atoms with van der Waals surface area (Å²) in [4.78, 5) is 18.0. The fourth-order valence-electron chi connectivity index (χ4n) is 3.47. The van der Waals surface area contributed by atoms with Gasteiger partial charge in [0.2, 0.25) is 0 Å². The minimum atomic E-state index is -3.70. The molecule has 1 aliphatic rings. The summed E-state index contributed by atoms with van der Waals surface area (Å²) in [6, 6.07) is 11.5. The van der Waals surface area contributed by atoms with Gasteiger partial charge in [-0.05, 0) is 62.9 Å². The van der Waals surface area contributed by atoms with Crippen molar-refractivity contribution in [2.45, 2.75) is 57.7 Å². The van der Waals surface area contributed by atoms with Crippen LogP contribution in [0.2, 0.25) is 0 Å². The van der Waals surface area contributed by atoms with Crippen molar-refractivity contribution in [1.82, 2.24) is 9.88 Å². The molecule has 7 heteroatoms. The predicted octanol–water partition coefficient (Wildman–Crippen LogP) is 4.59. The Kier molecular flexibility index (Phi) is 7.50. The lowest BCUT2D eigenvalue weighted by Gasteiger charge is -2.32. The quantitative estimate of drug-likeness (QED) is 0.683. The standard InChI is InChI=1S/C23H29F2N3O2/c1-17(2)28(16-20-7-4-6-14-30-20)15-18-9-11-19(12-10-18)27-22(29)23(24,25)21-8-3-5-13-26-21/h3,5,8-13,17,20H,4,6-7,14-16H2,1-2H3,(H,27,29)/t20-/m1/s1. The lowest BCUT2D eigenvalue weighted by molar-refractivity contribution is -0.141. The van der Waals surface area contributed by atoms with Crippen LogP contribution in [-0.2, 0) is 22.0 Å². The fourth-order valence-corrected chi connectivity index (χ4v) is 3.47. The monoisotopic (exact) mass is 417 g/mol. The Bertz CT molecular complexity index is 807. The molecule has 0 aliphatic carbocycles. The van der Waals surface area contributed by atoms with Crippen LogP contribution in [0.5, 0.6) is 0 Å². The van der Waals surface area contributed by atoms with Crippen molar-refractivity contribution in [3.8, 4) is 0 Å². The molecule has 0 radical (unpaired) electrons. The van der Waals surface area contributed by atoms with Crippen molar-refractivity contribution in [2.75, 3.05) is 18.5 Å². The van der Waals surface area contributed by atoms with Crippen LogP contribution in [0.4, 0.5) is 14.5 Å². The summed E-state index contributed by atoms with van der Waals surface area (Å²) in [6.45, 7) is 6.73. The number of hydrogen-bond donors (Lipinski definition) is 1. The third-order valence-electron chi connectivity index (χ3n) is 5.31. The summed E-state index contributed by atoms with van der Waals surface area (Å²) < 4.78 is 34.5. The summed E-state index contributed by atoms with van der Waals surface area (Å²) >= 11 is 0. The molecule has 0 bridgehead atoms. The molecule has 0 saturated carbocycles. The Labute approximate surface area is 176 Å². The highest BCUT2D eigenvalue weighted by atomic mass is 19.3. The molecule has 5 nitrogen and oxygen atoms in total. The van der Waals surface area contributed by atoms with Gasteiger partial charge in [0.25, 0.3) is 0 Å². The van der Waals surface area contributed by atoms with E-state index < -0.39 is 17.5 Å². The second-order valence-electron chi connectivity index (χ2n) is 7.95. The molecule has 1 atom stereocenters. The van der Waals surface area contributed by atoms with Crippen LogP contribution in [0, 0.1) is 0 Å². The van der Waals surface area contributed by atoms with E-state index in [4.69, 9.17) is 4.74 Å². The van der Waals surface area contributed by atoms with E-state index in [9.17, 15) is 13.6 Å². The number of anilines is 1. The molecule has 3 rings (SSSR count). The van der Waals surface area contributed by atoms with Gasteiger partial charge in [-0.15, -0.1) is 0 Å². The molecular formula is C23H29F2N3O2. The summed E-state index contributed by atoms with van der Waals surface area (Å²) in [5.41, 5.74) is 0.802. The molecular weight excluding hydrogens is 388 g/mol. The van der Waals surface area contributed by atoms with E-state index in [0.717, 1.165) is 44.2 Å². The largest absolute Gasteiger partial charge is 0.377 e. The van der Waals surface area contributed by atoms with E-state index in [1.54, 1.807) is 12.1 Å². The summed E-state index contributed by atoms with van der Waals surface area (Å²) in [7, 11) is 0. The maximum Gasteiger partial charge on any atom is 0.366 e. The number of hydrogen-bond acceptors (Lipinski definition) is 4. The molecule has 1 saturated heterocycles. The molecule has 1 aromatic carbocycles. The number of ether oxygens (including phenoxy) is 1. The number of rotatable bonds is 8. The van der Waals surface area contributed by atoms with Gasteiger partial charge in [-0.2, -0.15) is 8.78 Å². The van der Waals surface area contributed by atoms with Crippen LogP contribution in [0.25, 0.3) is 0 Å². The normalized spacial score (nSPS) is 17.3. The maximum atomic E-state index is 14.3. The van der Waals surface area contributed by atoms with Crippen LogP contribution in [0.1, 0.15) is 44.4 Å². The maximum absolute atomic E-state index is 14.3. The summed E-state index contributed by atoms with van der Waals surface area (Å²) in [5, 5.41) is 2.29. The number of halogens is 2. The SMILES string of the molecule is CC(C)N(Cc1ccc(NC(=O)C(F)(F)c2ccccn2)cc1)C[C@H]1CCCCO1. The second-order valence-corrected chi connectivity index (χ2v) is 7.95. The molecule has 1 aliphatic heterocycles. The molecule has 2 aromatic rings. The Morgan fingerprint density at radius 3 is 2.60 bits per heavy atom. The van der Waals surface area contributed by atoms with E-state index in [1.165, 1.54) is 24.8 Å².